The molecule has 0 spiro atoms. The van der Waals surface area contributed by atoms with Crippen LogP contribution in [0.25, 0.3) is 0 Å². The van der Waals surface area contributed by atoms with Crippen LogP contribution >= 0.6 is 0 Å². The first kappa shape index (κ1) is 17.4. The molecule has 0 aromatic heterocycles. The minimum absolute atomic E-state index is 0.342. The molecule has 0 unspecified atom stereocenters. The summed E-state index contributed by atoms with van der Waals surface area (Å²) in [4.78, 5) is 0. The Kier molecular flexibility index (Phi) is 6.99. The first-order valence-electron chi connectivity index (χ1n) is 8.73. The van der Waals surface area contributed by atoms with Gasteiger partial charge in [-0.05, 0) is 67.0 Å². The molecule has 0 saturated heterocycles. The zero-order valence-electron chi connectivity index (χ0n) is 14.0. The molecule has 2 rings (SSSR count). The van der Waals surface area contributed by atoms with Crippen LogP contribution < -0.4 is 0 Å². The Hall–Kier alpha value is -1.96. The van der Waals surface area contributed by atoms with Gasteiger partial charge in [-0.2, -0.15) is 0 Å². The lowest BCUT2D eigenvalue weighted by Gasteiger charge is -2.14. The topological polar surface area (TPSA) is 40.5 Å². The number of rotatable bonds is 9. The molecule has 2 nitrogen and oxygen atoms in total. The third-order valence-electron chi connectivity index (χ3n) is 4.61. The van der Waals surface area contributed by atoms with Gasteiger partial charge < -0.3 is 10.2 Å². The second-order valence-corrected chi connectivity index (χ2v) is 6.39. The number of hydrogen-bond acceptors (Lipinski definition) is 2. The molecule has 2 heteroatoms. The third kappa shape index (κ3) is 6.35. The van der Waals surface area contributed by atoms with Crippen molar-refractivity contribution >= 4 is 0 Å². The van der Waals surface area contributed by atoms with Crippen LogP contribution in [0, 0.1) is 5.92 Å². The molecule has 0 aliphatic carbocycles. The van der Waals surface area contributed by atoms with Gasteiger partial charge in [0.2, 0.25) is 0 Å². The maximum atomic E-state index is 9.30. The van der Waals surface area contributed by atoms with Crippen molar-refractivity contribution < 1.29 is 10.2 Å². The molecule has 0 heterocycles. The Morgan fingerprint density at radius 3 is 1.43 bits per heavy atom. The molecule has 0 saturated carbocycles. The van der Waals surface area contributed by atoms with E-state index in [2.05, 4.69) is 6.92 Å². The number of hydrogen-bond donors (Lipinski definition) is 2. The molecular formula is C21H28O2. The van der Waals surface area contributed by atoms with E-state index in [9.17, 15) is 10.2 Å². The van der Waals surface area contributed by atoms with Gasteiger partial charge >= 0.3 is 0 Å². The van der Waals surface area contributed by atoms with E-state index in [-0.39, 0.29) is 0 Å². The van der Waals surface area contributed by atoms with Gasteiger partial charge in [-0.3, -0.25) is 0 Å². The van der Waals surface area contributed by atoms with Crippen molar-refractivity contribution in [3.05, 3.63) is 59.7 Å². The molecule has 0 aliphatic rings. The third-order valence-corrected chi connectivity index (χ3v) is 4.61. The van der Waals surface area contributed by atoms with Gasteiger partial charge in [0.15, 0.2) is 0 Å². The molecule has 0 bridgehead atoms. The van der Waals surface area contributed by atoms with E-state index in [1.54, 1.807) is 24.3 Å². The molecule has 2 N–H and O–H groups in total. The fourth-order valence-electron chi connectivity index (χ4n) is 3.07. The smallest absolute Gasteiger partial charge is 0.115 e. The van der Waals surface area contributed by atoms with E-state index in [0.717, 1.165) is 18.8 Å². The lowest BCUT2D eigenvalue weighted by atomic mass is 9.91. The Labute approximate surface area is 139 Å². The van der Waals surface area contributed by atoms with Crippen LogP contribution in [0.4, 0.5) is 0 Å². The lowest BCUT2D eigenvalue weighted by molar-refractivity contribution is 0.412. The highest BCUT2D eigenvalue weighted by atomic mass is 16.3. The van der Waals surface area contributed by atoms with E-state index in [4.69, 9.17) is 0 Å². The first-order valence-corrected chi connectivity index (χ1v) is 8.73. The van der Waals surface area contributed by atoms with E-state index in [1.165, 1.54) is 43.2 Å². The van der Waals surface area contributed by atoms with Crippen molar-refractivity contribution in [3.63, 3.8) is 0 Å². The van der Waals surface area contributed by atoms with Crippen LogP contribution in [0.15, 0.2) is 48.5 Å². The quantitative estimate of drug-likeness (QED) is 0.644. The van der Waals surface area contributed by atoms with Crippen LogP contribution in [0.2, 0.25) is 0 Å². The fraction of sp³-hybridized carbons (Fsp3) is 0.429. The first-order chi connectivity index (χ1) is 11.2. The van der Waals surface area contributed by atoms with E-state index in [1.807, 2.05) is 24.3 Å². The van der Waals surface area contributed by atoms with Gasteiger partial charge in [-0.15, -0.1) is 0 Å². The highest BCUT2D eigenvalue weighted by Crippen LogP contribution is 2.21. The van der Waals surface area contributed by atoms with Crippen molar-refractivity contribution in [2.75, 3.05) is 0 Å². The Bertz CT molecular complexity index is 506. The minimum atomic E-state index is 0.342. The number of benzene rings is 2. The lowest BCUT2D eigenvalue weighted by Crippen LogP contribution is -2.01. The van der Waals surface area contributed by atoms with Crippen LogP contribution in [0.3, 0.4) is 0 Å². The molecule has 23 heavy (non-hydrogen) atoms. The molecule has 2 aromatic rings. The van der Waals surface area contributed by atoms with Gasteiger partial charge in [0.05, 0.1) is 0 Å². The summed E-state index contributed by atoms with van der Waals surface area (Å²) in [6.45, 7) is 2.28. The number of phenols is 2. The summed E-state index contributed by atoms with van der Waals surface area (Å²) in [7, 11) is 0. The highest BCUT2D eigenvalue weighted by molar-refractivity contribution is 5.26. The largest absolute Gasteiger partial charge is 0.508 e. The number of aromatic hydroxyl groups is 2. The number of phenolic OH excluding ortho intramolecular Hbond substituents is 2. The van der Waals surface area contributed by atoms with E-state index >= 15 is 0 Å². The van der Waals surface area contributed by atoms with E-state index < -0.39 is 0 Å². The molecule has 0 radical (unpaired) electrons. The maximum absolute atomic E-state index is 9.30. The van der Waals surface area contributed by atoms with Crippen molar-refractivity contribution in [1.29, 1.82) is 0 Å². The SMILES string of the molecule is CCC(CCCc1ccc(O)cc1)CCCc1ccc(O)cc1. The summed E-state index contributed by atoms with van der Waals surface area (Å²) in [6, 6.07) is 15.1. The predicted octanol–water partition coefficient (Wildman–Crippen LogP) is 5.47. The second-order valence-electron chi connectivity index (χ2n) is 6.39. The molecule has 0 aliphatic heterocycles. The van der Waals surface area contributed by atoms with Crippen LogP contribution in [-0.4, -0.2) is 10.2 Å². The summed E-state index contributed by atoms with van der Waals surface area (Å²) in [5.74, 6) is 1.48. The molecular weight excluding hydrogens is 284 g/mol. The fourth-order valence-corrected chi connectivity index (χ4v) is 3.07. The maximum Gasteiger partial charge on any atom is 0.115 e. The Morgan fingerprint density at radius 2 is 1.09 bits per heavy atom. The molecule has 0 amide bonds. The normalized spacial score (nSPS) is 11.0. The second kappa shape index (κ2) is 9.24. The van der Waals surface area contributed by atoms with Crippen molar-refractivity contribution in [2.24, 2.45) is 5.92 Å². The average Bonchev–Trinajstić information content (AvgIpc) is 2.57. The van der Waals surface area contributed by atoms with E-state index in [0.29, 0.717) is 11.5 Å². The summed E-state index contributed by atoms with van der Waals surface area (Å²) < 4.78 is 0. The highest BCUT2D eigenvalue weighted by Gasteiger charge is 2.07. The molecule has 2 aromatic carbocycles. The summed E-state index contributed by atoms with van der Waals surface area (Å²) in [6.07, 6.45) is 8.39. The predicted molar refractivity (Wildman–Crippen MR) is 95.9 cm³/mol. The molecule has 0 atom stereocenters. The van der Waals surface area contributed by atoms with Gasteiger partial charge in [-0.25, -0.2) is 0 Å². The molecule has 0 fully saturated rings. The standard InChI is InChI=1S/C21H28O2/c1-2-17(5-3-7-18-9-13-20(22)14-10-18)6-4-8-19-11-15-21(23)16-12-19/h9-17,22-23H,2-8H2,1H3. The van der Waals surface area contributed by atoms with Gasteiger partial charge in [0.1, 0.15) is 11.5 Å². The Balaban J connectivity index is 1.66. The van der Waals surface area contributed by atoms with Crippen molar-refractivity contribution in [1.82, 2.24) is 0 Å². The summed E-state index contributed by atoms with van der Waals surface area (Å²) in [5.41, 5.74) is 2.61. The Morgan fingerprint density at radius 1 is 0.696 bits per heavy atom. The van der Waals surface area contributed by atoms with Gasteiger partial charge in [-0.1, -0.05) is 50.5 Å². The number of aryl methyl sites for hydroxylation is 2. The zero-order chi connectivity index (χ0) is 16.5. The van der Waals surface area contributed by atoms with Crippen LogP contribution in [0.1, 0.15) is 50.2 Å². The molecule has 124 valence electrons. The summed E-state index contributed by atoms with van der Waals surface area (Å²) >= 11 is 0. The minimum Gasteiger partial charge on any atom is -0.508 e. The van der Waals surface area contributed by atoms with Crippen molar-refractivity contribution in [3.8, 4) is 11.5 Å². The van der Waals surface area contributed by atoms with Crippen LogP contribution in [-0.2, 0) is 12.8 Å². The zero-order valence-corrected chi connectivity index (χ0v) is 14.0. The average molecular weight is 312 g/mol. The summed E-state index contributed by atoms with van der Waals surface area (Å²) in [5, 5.41) is 18.6. The van der Waals surface area contributed by atoms with Gasteiger partial charge in [0, 0.05) is 0 Å². The van der Waals surface area contributed by atoms with Crippen LogP contribution in [0.5, 0.6) is 11.5 Å². The monoisotopic (exact) mass is 312 g/mol. The van der Waals surface area contributed by atoms with Gasteiger partial charge in [0.25, 0.3) is 0 Å². The van der Waals surface area contributed by atoms with Crippen molar-refractivity contribution in [2.45, 2.75) is 51.9 Å².